The fourth-order valence-corrected chi connectivity index (χ4v) is 2.59. The molecular formula is C18H13Cl4F3N2O. The molecule has 28 heavy (non-hydrogen) atoms. The molecule has 10 heteroatoms. The summed E-state index contributed by atoms with van der Waals surface area (Å²) in [4.78, 5) is 12.1. The summed E-state index contributed by atoms with van der Waals surface area (Å²) in [6.07, 6.45) is -3.21. The number of hydrogen-bond acceptors (Lipinski definition) is 2. The summed E-state index contributed by atoms with van der Waals surface area (Å²) in [5.41, 5.74) is -0.338. The van der Waals surface area contributed by atoms with Gasteiger partial charge < -0.3 is 10.6 Å². The molecule has 0 heterocycles. The highest BCUT2D eigenvalue weighted by Crippen LogP contribution is 2.36. The van der Waals surface area contributed by atoms with Crippen LogP contribution in [0.4, 0.5) is 18.9 Å². The van der Waals surface area contributed by atoms with Crippen LogP contribution in [0.25, 0.3) is 6.08 Å². The van der Waals surface area contributed by atoms with Crippen LogP contribution in [0.1, 0.15) is 11.1 Å². The summed E-state index contributed by atoms with van der Waals surface area (Å²) in [7, 11) is 0. The van der Waals surface area contributed by atoms with Gasteiger partial charge in [-0.3, -0.25) is 4.79 Å². The highest BCUT2D eigenvalue weighted by molar-refractivity contribution is 6.68. The fourth-order valence-electron chi connectivity index (χ4n) is 2.09. The Bertz CT molecular complexity index is 852. The number of nitrogens with one attached hydrogen (secondary N) is 2. The summed E-state index contributed by atoms with van der Waals surface area (Å²) in [5, 5.41) is 4.88. The Balaban J connectivity index is 2.19. The van der Waals surface area contributed by atoms with Crippen molar-refractivity contribution in [1.82, 2.24) is 5.32 Å². The standard InChI is InChI=1S/C18H13Cl4F3N2O/c19-13-8-7-12(18(23,24)25)10-14(13)26-16(17(20,21)22)27-15(28)9-6-11-4-2-1-3-5-11/h1-10,16,26H,(H,27,28)/b9-6+/t16-/m1/s1. The van der Waals surface area contributed by atoms with Crippen LogP contribution in [0.3, 0.4) is 0 Å². The SMILES string of the molecule is O=C(/C=C/c1ccccc1)N[C@@H](Nc1cc(C(F)(F)F)ccc1Cl)C(Cl)(Cl)Cl. The summed E-state index contributed by atoms with van der Waals surface area (Å²) in [6.45, 7) is 0. The van der Waals surface area contributed by atoms with Crippen molar-refractivity contribution < 1.29 is 18.0 Å². The maximum absolute atomic E-state index is 12.9. The number of alkyl halides is 6. The smallest absolute Gasteiger partial charge is 0.361 e. The highest BCUT2D eigenvalue weighted by atomic mass is 35.6. The van der Waals surface area contributed by atoms with Gasteiger partial charge in [0.25, 0.3) is 0 Å². The fraction of sp³-hybridized carbons (Fsp3) is 0.167. The van der Waals surface area contributed by atoms with Gasteiger partial charge in [0.1, 0.15) is 6.17 Å². The number of carbonyl (C=O) groups is 1. The molecule has 0 bridgehead atoms. The average Bonchev–Trinajstić information content (AvgIpc) is 2.60. The van der Waals surface area contributed by atoms with Crippen molar-refractivity contribution in [3.05, 3.63) is 70.8 Å². The zero-order chi connectivity index (χ0) is 20.9. The molecule has 150 valence electrons. The van der Waals surface area contributed by atoms with Crippen molar-refractivity contribution >= 4 is 64.1 Å². The second-order valence-corrected chi connectivity index (χ2v) is 8.34. The van der Waals surface area contributed by atoms with Gasteiger partial charge in [0.15, 0.2) is 0 Å². The van der Waals surface area contributed by atoms with E-state index in [1.54, 1.807) is 24.3 Å². The second-order valence-electron chi connectivity index (χ2n) is 5.56. The molecule has 0 radical (unpaired) electrons. The van der Waals surface area contributed by atoms with E-state index in [4.69, 9.17) is 46.4 Å². The van der Waals surface area contributed by atoms with Crippen molar-refractivity contribution in [3.63, 3.8) is 0 Å². The molecule has 0 unspecified atom stereocenters. The lowest BCUT2D eigenvalue weighted by Gasteiger charge is -2.27. The Morgan fingerprint density at radius 2 is 1.68 bits per heavy atom. The average molecular weight is 472 g/mol. The Labute approximate surface area is 179 Å². The molecule has 0 aliphatic rings. The third-order valence-corrected chi connectivity index (χ3v) is 4.42. The Kier molecular flexibility index (Phi) is 7.51. The maximum atomic E-state index is 12.9. The Morgan fingerprint density at radius 1 is 1.04 bits per heavy atom. The zero-order valence-corrected chi connectivity index (χ0v) is 16.9. The van der Waals surface area contributed by atoms with Crippen molar-refractivity contribution in [2.45, 2.75) is 16.1 Å². The third kappa shape index (κ3) is 6.78. The van der Waals surface area contributed by atoms with Gasteiger partial charge in [-0.15, -0.1) is 0 Å². The molecule has 3 nitrogen and oxygen atoms in total. The van der Waals surface area contributed by atoms with Crippen LogP contribution in [-0.4, -0.2) is 15.9 Å². The molecule has 2 aromatic carbocycles. The number of hydrogen-bond donors (Lipinski definition) is 2. The molecule has 0 fully saturated rings. The first-order valence-corrected chi connectivity index (χ1v) is 9.21. The number of halogens is 7. The van der Waals surface area contributed by atoms with Crippen molar-refractivity contribution in [1.29, 1.82) is 0 Å². The van der Waals surface area contributed by atoms with Crippen LogP contribution in [0.15, 0.2) is 54.6 Å². The first-order chi connectivity index (χ1) is 13.0. The second kappa shape index (κ2) is 9.27. The summed E-state index contributed by atoms with van der Waals surface area (Å²) >= 11 is 23.5. The molecule has 2 N–H and O–H groups in total. The van der Waals surface area contributed by atoms with Gasteiger partial charge in [0, 0.05) is 6.08 Å². The van der Waals surface area contributed by atoms with Crippen LogP contribution >= 0.6 is 46.4 Å². The van der Waals surface area contributed by atoms with E-state index in [0.29, 0.717) is 0 Å². The molecular weight excluding hydrogens is 459 g/mol. The summed E-state index contributed by atoms with van der Waals surface area (Å²) in [5.74, 6) is -0.629. The molecule has 0 spiro atoms. The monoisotopic (exact) mass is 470 g/mol. The van der Waals surface area contributed by atoms with E-state index in [-0.39, 0.29) is 10.7 Å². The van der Waals surface area contributed by atoms with E-state index in [2.05, 4.69) is 10.6 Å². The lowest BCUT2D eigenvalue weighted by molar-refractivity contribution is -0.137. The molecule has 2 rings (SSSR count). The van der Waals surface area contributed by atoms with Gasteiger partial charge in [-0.1, -0.05) is 76.7 Å². The molecule has 0 saturated heterocycles. The molecule has 0 saturated carbocycles. The Morgan fingerprint density at radius 3 is 2.25 bits per heavy atom. The van der Waals surface area contributed by atoms with Gasteiger partial charge in [-0.25, -0.2) is 0 Å². The largest absolute Gasteiger partial charge is 0.416 e. The molecule has 0 aliphatic heterocycles. The van der Waals surface area contributed by atoms with Crippen LogP contribution in [-0.2, 0) is 11.0 Å². The van der Waals surface area contributed by atoms with E-state index in [1.165, 1.54) is 12.2 Å². The molecule has 2 aromatic rings. The molecule has 1 atom stereocenters. The van der Waals surface area contributed by atoms with Gasteiger partial charge in [-0.2, -0.15) is 13.2 Å². The third-order valence-electron chi connectivity index (χ3n) is 3.43. The number of amides is 1. The van der Waals surface area contributed by atoms with Crippen LogP contribution in [0.5, 0.6) is 0 Å². The van der Waals surface area contributed by atoms with Crippen LogP contribution < -0.4 is 10.6 Å². The topological polar surface area (TPSA) is 41.1 Å². The van der Waals surface area contributed by atoms with E-state index < -0.39 is 27.6 Å². The molecule has 1 amide bonds. The number of anilines is 1. The van der Waals surface area contributed by atoms with Crippen molar-refractivity contribution in [3.8, 4) is 0 Å². The summed E-state index contributed by atoms with van der Waals surface area (Å²) in [6, 6.07) is 11.6. The van der Waals surface area contributed by atoms with Crippen molar-refractivity contribution in [2.24, 2.45) is 0 Å². The van der Waals surface area contributed by atoms with E-state index in [9.17, 15) is 18.0 Å². The predicted molar refractivity (Wildman–Crippen MR) is 108 cm³/mol. The minimum Gasteiger partial charge on any atom is -0.361 e. The quantitative estimate of drug-likeness (QED) is 0.305. The van der Waals surface area contributed by atoms with Gasteiger partial charge >= 0.3 is 6.18 Å². The van der Waals surface area contributed by atoms with E-state index in [1.807, 2.05) is 6.07 Å². The lowest BCUT2D eigenvalue weighted by atomic mass is 10.2. The van der Waals surface area contributed by atoms with Gasteiger partial charge in [0.05, 0.1) is 16.3 Å². The molecule has 0 aliphatic carbocycles. The van der Waals surface area contributed by atoms with Crippen LogP contribution in [0, 0.1) is 0 Å². The normalized spacial score (nSPS) is 13.4. The molecule has 0 aromatic heterocycles. The number of carbonyl (C=O) groups excluding carboxylic acids is 1. The number of benzene rings is 2. The summed E-state index contributed by atoms with van der Waals surface area (Å²) < 4.78 is 36.7. The minimum atomic E-state index is -4.59. The van der Waals surface area contributed by atoms with Gasteiger partial charge in [-0.05, 0) is 29.8 Å². The first kappa shape index (κ1) is 22.7. The van der Waals surface area contributed by atoms with Crippen molar-refractivity contribution in [2.75, 3.05) is 5.32 Å². The van der Waals surface area contributed by atoms with Crippen LogP contribution in [0.2, 0.25) is 5.02 Å². The van der Waals surface area contributed by atoms with Gasteiger partial charge in [0.2, 0.25) is 9.70 Å². The maximum Gasteiger partial charge on any atom is 0.416 e. The lowest BCUT2D eigenvalue weighted by Crippen LogP contribution is -2.48. The number of rotatable bonds is 5. The van der Waals surface area contributed by atoms with E-state index >= 15 is 0 Å². The first-order valence-electron chi connectivity index (χ1n) is 7.70. The Hall–Kier alpha value is -1.60. The predicted octanol–water partition coefficient (Wildman–Crippen LogP) is 6.30. The highest BCUT2D eigenvalue weighted by Gasteiger charge is 2.35. The van der Waals surface area contributed by atoms with E-state index in [0.717, 1.165) is 23.8 Å². The minimum absolute atomic E-state index is 0.0404. The zero-order valence-electron chi connectivity index (χ0n) is 13.9.